The molecule has 3 heteroatoms. The summed E-state index contributed by atoms with van der Waals surface area (Å²) in [5.74, 6) is -0.385. The fourth-order valence-electron chi connectivity index (χ4n) is 0.777. The van der Waals surface area contributed by atoms with Gasteiger partial charge in [-0.2, -0.15) is 0 Å². The third-order valence-electron chi connectivity index (χ3n) is 1.32. The Bertz CT molecular complexity index is 273. The van der Waals surface area contributed by atoms with E-state index in [0.29, 0.717) is 10.6 Å². The van der Waals surface area contributed by atoms with Crippen LogP contribution in [0.5, 0.6) is 0 Å². The zero-order valence-electron chi connectivity index (χ0n) is 5.68. The van der Waals surface area contributed by atoms with Crippen LogP contribution in [0.15, 0.2) is 18.2 Å². The van der Waals surface area contributed by atoms with Crippen molar-refractivity contribution in [1.82, 2.24) is 0 Å². The van der Waals surface area contributed by atoms with Crippen molar-refractivity contribution in [3.63, 3.8) is 0 Å². The van der Waals surface area contributed by atoms with Gasteiger partial charge in [-0.15, -0.1) is 0 Å². The van der Waals surface area contributed by atoms with E-state index in [-0.39, 0.29) is 12.2 Å². The van der Waals surface area contributed by atoms with Crippen molar-refractivity contribution < 1.29 is 9.18 Å². The van der Waals surface area contributed by atoms with Crippen molar-refractivity contribution in [3.05, 3.63) is 34.6 Å². The third kappa shape index (κ3) is 2.02. The average molecular weight is 173 g/mol. The maximum absolute atomic E-state index is 12.4. The van der Waals surface area contributed by atoms with Crippen LogP contribution in [0.3, 0.4) is 0 Å². The minimum atomic E-state index is -0.385. The second-order valence-corrected chi connectivity index (χ2v) is 2.51. The lowest BCUT2D eigenvalue weighted by atomic mass is 10.2. The first-order valence-corrected chi connectivity index (χ1v) is 3.49. The molecule has 0 heterocycles. The molecule has 1 aromatic rings. The summed E-state index contributed by atoms with van der Waals surface area (Å²) < 4.78 is 12.4. The zero-order chi connectivity index (χ0) is 8.27. The highest BCUT2D eigenvalue weighted by Gasteiger charge is 1.99. The number of carbonyl (C=O) groups excluding carboxylic acids is 1. The smallest absolute Gasteiger partial charge is 0.124 e. The van der Waals surface area contributed by atoms with Gasteiger partial charge in [-0.3, -0.25) is 0 Å². The van der Waals surface area contributed by atoms with Gasteiger partial charge in [0.15, 0.2) is 0 Å². The van der Waals surface area contributed by atoms with Crippen LogP contribution in [-0.2, 0) is 11.2 Å². The first-order chi connectivity index (χ1) is 5.24. The van der Waals surface area contributed by atoms with Crippen molar-refractivity contribution in [2.45, 2.75) is 6.42 Å². The molecule has 0 aliphatic heterocycles. The van der Waals surface area contributed by atoms with E-state index in [1.807, 2.05) is 0 Å². The lowest BCUT2D eigenvalue weighted by molar-refractivity contribution is -0.107. The maximum Gasteiger partial charge on any atom is 0.124 e. The molecule has 58 valence electrons. The van der Waals surface area contributed by atoms with E-state index in [1.54, 1.807) is 0 Å². The molecule has 0 aromatic heterocycles. The molecular weight excluding hydrogens is 167 g/mol. The molecule has 1 rings (SSSR count). The second kappa shape index (κ2) is 3.49. The standard InChI is InChI=1S/C8H6ClFO/c9-8-5-7(10)2-1-6(8)3-4-11/h1-2,4-5H,3H2. The van der Waals surface area contributed by atoms with E-state index in [0.717, 1.165) is 6.29 Å². The van der Waals surface area contributed by atoms with Gasteiger partial charge in [-0.25, -0.2) is 4.39 Å². The molecule has 0 bridgehead atoms. The van der Waals surface area contributed by atoms with E-state index in [2.05, 4.69) is 0 Å². The van der Waals surface area contributed by atoms with Crippen molar-refractivity contribution in [2.75, 3.05) is 0 Å². The van der Waals surface area contributed by atoms with Gasteiger partial charge >= 0.3 is 0 Å². The van der Waals surface area contributed by atoms with E-state index >= 15 is 0 Å². The lowest BCUT2D eigenvalue weighted by Crippen LogP contribution is -1.87. The van der Waals surface area contributed by atoms with Gasteiger partial charge in [0, 0.05) is 11.4 Å². The maximum atomic E-state index is 12.4. The molecule has 0 aliphatic rings. The van der Waals surface area contributed by atoms with Crippen LogP contribution in [0.4, 0.5) is 4.39 Å². The fraction of sp³-hybridized carbons (Fsp3) is 0.125. The lowest BCUT2D eigenvalue weighted by Gasteiger charge is -1.97. The summed E-state index contributed by atoms with van der Waals surface area (Å²) in [7, 11) is 0. The van der Waals surface area contributed by atoms with Crippen LogP contribution in [0.2, 0.25) is 5.02 Å². The summed E-state index contributed by atoms with van der Waals surface area (Å²) >= 11 is 5.61. The predicted octanol–water partition coefficient (Wildman–Crippen LogP) is 2.22. The van der Waals surface area contributed by atoms with Gasteiger partial charge in [0.05, 0.1) is 0 Å². The van der Waals surface area contributed by atoms with Gasteiger partial charge in [0.2, 0.25) is 0 Å². The largest absolute Gasteiger partial charge is 0.303 e. The first-order valence-electron chi connectivity index (χ1n) is 3.11. The van der Waals surface area contributed by atoms with Crippen LogP contribution in [-0.4, -0.2) is 6.29 Å². The number of halogens is 2. The number of hydrogen-bond acceptors (Lipinski definition) is 1. The summed E-state index contributed by atoms with van der Waals surface area (Å²) in [5.41, 5.74) is 0.656. The zero-order valence-corrected chi connectivity index (χ0v) is 6.44. The fourth-order valence-corrected chi connectivity index (χ4v) is 1.02. The highest BCUT2D eigenvalue weighted by Crippen LogP contribution is 2.16. The van der Waals surface area contributed by atoms with Crippen molar-refractivity contribution in [1.29, 1.82) is 0 Å². The number of hydrogen-bond donors (Lipinski definition) is 0. The molecule has 0 atom stereocenters. The van der Waals surface area contributed by atoms with Crippen molar-refractivity contribution in [2.24, 2.45) is 0 Å². The molecule has 0 unspecified atom stereocenters. The summed E-state index contributed by atoms with van der Waals surface area (Å²) in [5, 5.41) is 0.303. The summed E-state index contributed by atoms with van der Waals surface area (Å²) in [6.07, 6.45) is 0.970. The van der Waals surface area contributed by atoms with Crippen LogP contribution in [0.1, 0.15) is 5.56 Å². The molecule has 0 saturated heterocycles. The highest BCUT2D eigenvalue weighted by molar-refractivity contribution is 6.31. The Morgan fingerprint density at radius 1 is 1.55 bits per heavy atom. The Kier molecular flexibility index (Phi) is 2.60. The first kappa shape index (κ1) is 8.21. The third-order valence-corrected chi connectivity index (χ3v) is 1.67. The van der Waals surface area contributed by atoms with E-state index in [1.165, 1.54) is 18.2 Å². The molecule has 0 saturated carbocycles. The van der Waals surface area contributed by atoms with E-state index in [9.17, 15) is 9.18 Å². The molecule has 0 N–H and O–H groups in total. The molecule has 0 aliphatic carbocycles. The Labute approximate surface area is 68.8 Å². The van der Waals surface area contributed by atoms with Gasteiger partial charge in [0.1, 0.15) is 12.1 Å². The highest BCUT2D eigenvalue weighted by atomic mass is 35.5. The SMILES string of the molecule is O=CCc1ccc(F)cc1Cl. The monoisotopic (exact) mass is 172 g/mol. The average Bonchev–Trinajstić information content (AvgIpc) is 1.95. The van der Waals surface area contributed by atoms with Crippen molar-refractivity contribution in [3.8, 4) is 0 Å². The topological polar surface area (TPSA) is 17.1 Å². The summed E-state index contributed by atoms with van der Waals surface area (Å²) in [6.45, 7) is 0. The summed E-state index contributed by atoms with van der Waals surface area (Å²) in [6, 6.07) is 3.98. The van der Waals surface area contributed by atoms with E-state index in [4.69, 9.17) is 11.6 Å². The Morgan fingerprint density at radius 2 is 2.27 bits per heavy atom. The molecule has 0 fully saturated rings. The quantitative estimate of drug-likeness (QED) is 0.626. The number of carbonyl (C=O) groups is 1. The Hall–Kier alpha value is -0.890. The molecule has 0 spiro atoms. The molecular formula is C8H6ClFO. The second-order valence-electron chi connectivity index (χ2n) is 2.11. The van der Waals surface area contributed by atoms with Gasteiger partial charge in [0.25, 0.3) is 0 Å². The Morgan fingerprint density at radius 3 is 2.82 bits per heavy atom. The molecule has 1 nitrogen and oxygen atoms in total. The minimum Gasteiger partial charge on any atom is -0.303 e. The molecule has 1 aromatic carbocycles. The van der Waals surface area contributed by atoms with E-state index < -0.39 is 0 Å². The van der Waals surface area contributed by atoms with Gasteiger partial charge in [-0.1, -0.05) is 17.7 Å². The predicted molar refractivity (Wildman–Crippen MR) is 41.2 cm³/mol. The van der Waals surface area contributed by atoms with Crippen molar-refractivity contribution >= 4 is 17.9 Å². The van der Waals surface area contributed by atoms with Crippen LogP contribution in [0, 0.1) is 5.82 Å². The minimum absolute atomic E-state index is 0.235. The Balaban J connectivity index is 2.98. The number of aldehydes is 1. The number of benzene rings is 1. The van der Waals surface area contributed by atoms with Gasteiger partial charge < -0.3 is 4.79 Å². The normalized spacial score (nSPS) is 9.64. The molecule has 11 heavy (non-hydrogen) atoms. The van der Waals surface area contributed by atoms with Crippen LogP contribution >= 0.6 is 11.6 Å². The summed E-state index contributed by atoms with van der Waals surface area (Å²) in [4.78, 5) is 10.1. The molecule has 0 amide bonds. The molecule has 0 radical (unpaired) electrons. The van der Waals surface area contributed by atoms with Gasteiger partial charge in [-0.05, 0) is 17.7 Å². The number of rotatable bonds is 2. The van der Waals surface area contributed by atoms with Crippen LogP contribution in [0.25, 0.3) is 0 Å². The van der Waals surface area contributed by atoms with Crippen LogP contribution < -0.4 is 0 Å².